The van der Waals surface area contributed by atoms with Gasteiger partial charge in [0.1, 0.15) is 0 Å². The van der Waals surface area contributed by atoms with Crippen LogP contribution in [0.1, 0.15) is 20.8 Å². The molecule has 0 fully saturated rings. The number of para-hydroxylation sites is 1. The molecule has 1 aromatic carbocycles. The van der Waals surface area contributed by atoms with Crippen LogP contribution in [0.15, 0.2) is 32.9 Å². The lowest BCUT2D eigenvalue weighted by Crippen LogP contribution is -2.22. The zero-order chi connectivity index (χ0) is 16.8. The van der Waals surface area contributed by atoms with E-state index in [2.05, 4.69) is 29.4 Å². The predicted molar refractivity (Wildman–Crippen MR) is 101 cm³/mol. The van der Waals surface area contributed by atoms with Gasteiger partial charge in [0.25, 0.3) is 0 Å². The Morgan fingerprint density at radius 1 is 1.26 bits per heavy atom. The normalized spacial score (nSPS) is 12.4. The monoisotopic (exact) mass is 387 g/mol. The lowest BCUT2D eigenvalue weighted by molar-refractivity contribution is -0.115. The Morgan fingerprint density at radius 2 is 1.96 bits per heavy atom. The van der Waals surface area contributed by atoms with Crippen molar-refractivity contribution in [3.63, 3.8) is 0 Å². The van der Waals surface area contributed by atoms with Gasteiger partial charge >= 0.3 is 0 Å². The minimum Gasteiger partial charge on any atom is -0.324 e. The van der Waals surface area contributed by atoms with Crippen molar-refractivity contribution in [3.8, 4) is 0 Å². The number of nitrogens with one attached hydrogen (secondary N) is 1. The second-order valence-electron chi connectivity index (χ2n) is 5.27. The second-order valence-corrected chi connectivity index (χ2v) is 9.51. The lowest BCUT2D eigenvalue weighted by atomic mass is 10.3. The largest absolute Gasteiger partial charge is 0.324 e. The van der Waals surface area contributed by atoms with Gasteiger partial charge < -0.3 is 5.32 Å². The summed E-state index contributed by atoms with van der Waals surface area (Å²) < 4.78 is 1.75. The Hall–Kier alpha value is -0.760. The van der Waals surface area contributed by atoms with E-state index in [1.165, 1.54) is 23.1 Å². The first-order chi connectivity index (χ1) is 11.0. The van der Waals surface area contributed by atoms with Crippen molar-refractivity contribution in [1.29, 1.82) is 0 Å². The van der Waals surface area contributed by atoms with E-state index in [-0.39, 0.29) is 11.2 Å². The summed E-state index contributed by atoms with van der Waals surface area (Å²) in [6.45, 7) is 6.19. The Kier molecular flexibility index (Phi) is 7.20. The van der Waals surface area contributed by atoms with Crippen LogP contribution in [0.3, 0.4) is 0 Å². The van der Waals surface area contributed by atoms with E-state index in [1.807, 2.05) is 19.1 Å². The molecule has 2 rings (SSSR count). The summed E-state index contributed by atoms with van der Waals surface area (Å²) in [7, 11) is 0. The third-order valence-electron chi connectivity index (χ3n) is 2.71. The summed E-state index contributed by atoms with van der Waals surface area (Å²) in [4.78, 5) is 12.3. The van der Waals surface area contributed by atoms with E-state index in [9.17, 15) is 4.79 Å². The summed E-state index contributed by atoms with van der Waals surface area (Å²) in [6.07, 6.45) is 0. The van der Waals surface area contributed by atoms with Crippen molar-refractivity contribution in [2.75, 3.05) is 11.1 Å². The Morgan fingerprint density at radius 3 is 2.65 bits per heavy atom. The predicted octanol–water partition coefficient (Wildman–Crippen LogP) is 5.06. The molecule has 2 aromatic rings. The molecule has 0 bridgehead atoms. The number of carbonyl (C=O) groups excluding carboxylic acids is 1. The Bertz CT molecular complexity index is 663. The fraction of sp³-hybridized carbons (Fsp3) is 0.400. The van der Waals surface area contributed by atoms with Crippen molar-refractivity contribution in [2.24, 2.45) is 5.92 Å². The van der Waals surface area contributed by atoms with E-state index < -0.39 is 0 Å². The molecule has 1 amide bonds. The molecular weight excluding hydrogens is 370 g/mol. The molecule has 0 aliphatic rings. The number of amides is 1. The van der Waals surface area contributed by atoms with E-state index in [0.29, 0.717) is 16.6 Å². The zero-order valence-electron chi connectivity index (χ0n) is 13.1. The molecule has 0 spiro atoms. The SMILES string of the molecule is CC(C)CSc1nnc(S[C@H](C)C(=O)Nc2ccccc2Cl)s1. The molecule has 1 aromatic heterocycles. The average molecular weight is 388 g/mol. The van der Waals surface area contributed by atoms with Gasteiger partial charge in [0.15, 0.2) is 8.68 Å². The van der Waals surface area contributed by atoms with Crippen LogP contribution in [0.25, 0.3) is 0 Å². The van der Waals surface area contributed by atoms with Gasteiger partial charge in [0, 0.05) is 5.75 Å². The van der Waals surface area contributed by atoms with Gasteiger partial charge in [-0.2, -0.15) is 0 Å². The molecule has 0 aliphatic heterocycles. The number of carbonyl (C=O) groups is 1. The summed E-state index contributed by atoms with van der Waals surface area (Å²) in [5, 5.41) is 11.4. The number of thioether (sulfide) groups is 2. The van der Waals surface area contributed by atoms with Crippen LogP contribution in [-0.4, -0.2) is 27.1 Å². The van der Waals surface area contributed by atoms with Crippen LogP contribution in [0, 0.1) is 5.92 Å². The molecule has 0 saturated carbocycles. The first-order valence-corrected chi connectivity index (χ1v) is 10.2. The van der Waals surface area contributed by atoms with Gasteiger partial charge in [-0.05, 0) is 25.0 Å². The number of nitrogens with zero attached hydrogens (tertiary/aromatic N) is 2. The van der Waals surface area contributed by atoms with Gasteiger partial charge in [0.2, 0.25) is 5.91 Å². The number of hydrogen-bond donors (Lipinski definition) is 1. The number of rotatable bonds is 7. The maximum atomic E-state index is 12.3. The topological polar surface area (TPSA) is 54.9 Å². The highest BCUT2D eigenvalue weighted by molar-refractivity contribution is 8.03. The third-order valence-corrected chi connectivity index (χ3v) is 6.70. The van der Waals surface area contributed by atoms with Crippen molar-refractivity contribution in [2.45, 2.75) is 34.7 Å². The van der Waals surface area contributed by atoms with Crippen molar-refractivity contribution in [3.05, 3.63) is 29.3 Å². The van der Waals surface area contributed by atoms with Crippen LogP contribution in [0.2, 0.25) is 5.02 Å². The van der Waals surface area contributed by atoms with E-state index in [4.69, 9.17) is 11.6 Å². The molecule has 4 nitrogen and oxygen atoms in total. The molecule has 1 heterocycles. The fourth-order valence-electron chi connectivity index (χ4n) is 1.54. The first kappa shape index (κ1) is 18.6. The number of anilines is 1. The first-order valence-electron chi connectivity index (χ1n) is 7.14. The maximum absolute atomic E-state index is 12.3. The molecule has 1 N–H and O–H groups in total. The van der Waals surface area contributed by atoms with E-state index in [0.717, 1.165) is 14.4 Å². The van der Waals surface area contributed by atoms with Gasteiger partial charge in [0.05, 0.1) is 16.0 Å². The van der Waals surface area contributed by atoms with Gasteiger partial charge in [-0.25, -0.2) is 0 Å². The van der Waals surface area contributed by atoms with Crippen molar-refractivity contribution >= 4 is 58.1 Å². The number of aromatic nitrogens is 2. The Balaban J connectivity index is 1.90. The highest BCUT2D eigenvalue weighted by atomic mass is 35.5. The summed E-state index contributed by atoms with van der Waals surface area (Å²) in [6, 6.07) is 7.19. The number of halogens is 1. The van der Waals surface area contributed by atoms with Gasteiger partial charge in [-0.1, -0.05) is 72.4 Å². The third kappa shape index (κ3) is 5.99. The van der Waals surface area contributed by atoms with Crippen molar-refractivity contribution in [1.82, 2.24) is 10.2 Å². The van der Waals surface area contributed by atoms with Crippen LogP contribution >= 0.6 is 46.5 Å². The number of benzene rings is 1. The molecule has 23 heavy (non-hydrogen) atoms. The summed E-state index contributed by atoms with van der Waals surface area (Å²) >= 11 is 10.7. The average Bonchev–Trinajstić information content (AvgIpc) is 2.95. The van der Waals surface area contributed by atoms with Crippen LogP contribution in [-0.2, 0) is 4.79 Å². The molecule has 0 radical (unpaired) electrons. The molecule has 1 atom stereocenters. The van der Waals surface area contributed by atoms with Crippen molar-refractivity contribution < 1.29 is 4.79 Å². The van der Waals surface area contributed by atoms with Gasteiger partial charge in [-0.3, -0.25) is 4.79 Å². The maximum Gasteiger partial charge on any atom is 0.237 e. The smallest absolute Gasteiger partial charge is 0.237 e. The van der Waals surface area contributed by atoms with Crippen LogP contribution < -0.4 is 5.32 Å². The standard InChI is InChI=1S/C15H18ClN3OS3/c1-9(2)8-21-14-18-19-15(23-14)22-10(3)13(20)17-12-7-5-4-6-11(12)16/h4-7,9-10H,8H2,1-3H3,(H,17,20)/t10-/m1/s1. The molecule has 0 aliphatic carbocycles. The molecule has 0 unspecified atom stereocenters. The minimum atomic E-state index is -0.276. The molecule has 124 valence electrons. The minimum absolute atomic E-state index is 0.102. The van der Waals surface area contributed by atoms with E-state index in [1.54, 1.807) is 23.9 Å². The quantitative estimate of drug-likeness (QED) is 0.673. The highest BCUT2D eigenvalue weighted by Crippen LogP contribution is 2.32. The summed E-state index contributed by atoms with van der Waals surface area (Å²) in [5.74, 6) is 1.52. The zero-order valence-corrected chi connectivity index (χ0v) is 16.3. The van der Waals surface area contributed by atoms with E-state index >= 15 is 0 Å². The Labute approximate surface area is 153 Å². The molecule has 0 saturated heterocycles. The van der Waals surface area contributed by atoms with Crippen LogP contribution in [0.4, 0.5) is 5.69 Å². The molecular formula is C15H18ClN3OS3. The van der Waals surface area contributed by atoms with Crippen LogP contribution in [0.5, 0.6) is 0 Å². The molecule has 8 heteroatoms. The number of hydrogen-bond acceptors (Lipinski definition) is 6. The fourth-order valence-corrected chi connectivity index (χ4v) is 4.87. The highest BCUT2D eigenvalue weighted by Gasteiger charge is 2.18. The lowest BCUT2D eigenvalue weighted by Gasteiger charge is -2.11. The summed E-state index contributed by atoms with van der Waals surface area (Å²) in [5.41, 5.74) is 0.622. The second kappa shape index (κ2) is 8.92. The van der Waals surface area contributed by atoms with Gasteiger partial charge in [-0.15, -0.1) is 10.2 Å².